The van der Waals surface area contributed by atoms with Crippen LogP contribution in [0.25, 0.3) is 0 Å². The number of ether oxygens (including phenoxy) is 1. The first-order valence-corrected chi connectivity index (χ1v) is 6.61. The zero-order chi connectivity index (χ0) is 12.4. The maximum Gasteiger partial charge on any atom is 0.259 e. The van der Waals surface area contributed by atoms with E-state index < -0.39 is 0 Å². The molecule has 92 valence electrons. The number of para-hydroxylation sites is 1. The summed E-state index contributed by atoms with van der Waals surface area (Å²) in [7, 11) is 0. The van der Waals surface area contributed by atoms with Crippen LogP contribution in [0.5, 0.6) is 5.75 Å². The number of hydrogen-bond donors (Lipinski definition) is 0. The first-order chi connectivity index (χ1) is 8.83. The molecule has 0 radical (unpaired) electrons. The third-order valence-corrected chi connectivity index (χ3v) is 3.43. The molecule has 3 rings (SSSR count). The van der Waals surface area contributed by atoms with Crippen LogP contribution in [-0.4, -0.2) is 33.0 Å². The van der Waals surface area contributed by atoms with Crippen molar-refractivity contribution in [2.45, 2.75) is 11.6 Å². The molecule has 0 bridgehead atoms. The highest BCUT2D eigenvalue weighted by Crippen LogP contribution is 2.22. The highest BCUT2D eigenvalue weighted by Gasteiger charge is 2.23. The van der Waals surface area contributed by atoms with Gasteiger partial charge in [0.2, 0.25) is 0 Å². The molecule has 2 aromatic rings. The third kappa shape index (κ3) is 2.24. The minimum Gasteiger partial charge on any atom is -0.493 e. The summed E-state index contributed by atoms with van der Waals surface area (Å²) in [5, 5.41) is 4.85. The second-order valence-corrected chi connectivity index (χ2v) is 4.76. The Kier molecular flexibility index (Phi) is 3.02. The van der Waals surface area contributed by atoms with E-state index in [9.17, 15) is 4.79 Å². The van der Waals surface area contributed by atoms with Crippen LogP contribution in [0, 0.1) is 0 Å². The Labute approximate surface area is 108 Å². The molecule has 0 amide bonds. The average Bonchev–Trinajstić information content (AvgIpc) is 2.94. The molecular weight excluding hydrogens is 250 g/mol. The number of hydrogen-bond acceptors (Lipinski definition) is 5. The Morgan fingerprint density at radius 3 is 2.94 bits per heavy atom. The minimum absolute atomic E-state index is 0.00210. The fourth-order valence-electron chi connectivity index (χ4n) is 1.66. The first kappa shape index (κ1) is 11.3. The second-order valence-electron chi connectivity index (χ2n) is 3.82. The highest BCUT2D eigenvalue weighted by atomic mass is 32.2. The topological polar surface area (TPSA) is 57.0 Å². The lowest BCUT2D eigenvalue weighted by Gasteiger charge is -2.03. The number of benzene rings is 1. The van der Waals surface area contributed by atoms with E-state index in [1.807, 2.05) is 30.3 Å². The van der Waals surface area contributed by atoms with Gasteiger partial charge in [0.1, 0.15) is 5.75 Å². The highest BCUT2D eigenvalue weighted by molar-refractivity contribution is 8.00. The lowest BCUT2D eigenvalue weighted by Crippen LogP contribution is -2.10. The number of nitrogens with zero attached hydrogens (tertiary/aromatic N) is 3. The zero-order valence-electron chi connectivity index (χ0n) is 9.57. The van der Waals surface area contributed by atoms with E-state index in [0.29, 0.717) is 29.8 Å². The monoisotopic (exact) mass is 261 g/mol. The summed E-state index contributed by atoms with van der Waals surface area (Å²) in [5.74, 6) is 1.92. The molecule has 6 heteroatoms. The quantitative estimate of drug-likeness (QED) is 0.837. The van der Waals surface area contributed by atoms with Crippen molar-refractivity contribution in [3.63, 3.8) is 0 Å². The van der Waals surface area contributed by atoms with Gasteiger partial charge in [0.25, 0.3) is 5.91 Å². The molecule has 0 N–H and O–H groups in total. The fourth-order valence-corrected chi connectivity index (χ4v) is 2.47. The van der Waals surface area contributed by atoms with Crippen molar-refractivity contribution >= 4 is 17.7 Å². The number of carbonyl (C=O) groups excluding carboxylic acids is 1. The number of carbonyl (C=O) groups is 1. The average molecular weight is 261 g/mol. The van der Waals surface area contributed by atoms with Gasteiger partial charge in [-0.3, -0.25) is 4.79 Å². The molecule has 0 saturated heterocycles. The van der Waals surface area contributed by atoms with Gasteiger partial charge in [-0.15, -0.1) is 5.10 Å². The Morgan fingerprint density at radius 1 is 1.33 bits per heavy atom. The Morgan fingerprint density at radius 2 is 2.17 bits per heavy atom. The number of rotatable bonds is 4. The van der Waals surface area contributed by atoms with Crippen LogP contribution in [0.1, 0.15) is 10.6 Å². The van der Waals surface area contributed by atoms with Gasteiger partial charge < -0.3 is 4.74 Å². The fraction of sp³-hybridized carbons (Fsp3) is 0.250. The molecule has 0 spiro atoms. The molecule has 0 aliphatic carbocycles. The van der Waals surface area contributed by atoms with E-state index >= 15 is 0 Å². The number of aromatic nitrogens is 3. The van der Waals surface area contributed by atoms with Crippen LogP contribution < -0.4 is 4.74 Å². The predicted molar refractivity (Wildman–Crippen MR) is 67.0 cm³/mol. The van der Waals surface area contributed by atoms with Crippen molar-refractivity contribution in [3.05, 3.63) is 36.2 Å². The van der Waals surface area contributed by atoms with Gasteiger partial charge in [-0.05, 0) is 12.1 Å². The van der Waals surface area contributed by atoms with Gasteiger partial charge >= 0.3 is 0 Å². The van der Waals surface area contributed by atoms with Crippen LogP contribution in [0.4, 0.5) is 0 Å². The van der Waals surface area contributed by atoms with E-state index in [-0.39, 0.29) is 5.91 Å². The summed E-state index contributed by atoms with van der Waals surface area (Å²) in [5.41, 5.74) is 0. The van der Waals surface area contributed by atoms with E-state index in [1.54, 1.807) is 0 Å². The minimum atomic E-state index is -0.00210. The maximum absolute atomic E-state index is 11.4. The molecule has 0 atom stereocenters. The molecule has 1 aromatic heterocycles. The van der Waals surface area contributed by atoms with Crippen molar-refractivity contribution in [1.82, 2.24) is 14.8 Å². The van der Waals surface area contributed by atoms with E-state index in [4.69, 9.17) is 4.74 Å². The molecule has 1 aromatic carbocycles. The summed E-state index contributed by atoms with van der Waals surface area (Å²) in [6.07, 6.45) is 0.600. The van der Waals surface area contributed by atoms with E-state index in [2.05, 4.69) is 10.1 Å². The van der Waals surface area contributed by atoms with Crippen molar-refractivity contribution in [3.8, 4) is 5.75 Å². The predicted octanol–water partition coefficient (Wildman–Crippen LogP) is 1.65. The van der Waals surface area contributed by atoms with Crippen molar-refractivity contribution in [1.29, 1.82) is 0 Å². The lowest BCUT2D eigenvalue weighted by molar-refractivity contribution is 0.0922. The summed E-state index contributed by atoms with van der Waals surface area (Å²) in [4.78, 5) is 15.7. The maximum atomic E-state index is 11.4. The lowest BCUT2D eigenvalue weighted by atomic mass is 10.3. The van der Waals surface area contributed by atoms with Crippen LogP contribution in [-0.2, 0) is 6.42 Å². The summed E-state index contributed by atoms with van der Waals surface area (Å²) in [6.45, 7) is 0.506. The molecule has 2 heterocycles. The molecule has 0 unspecified atom stereocenters. The van der Waals surface area contributed by atoms with Gasteiger partial charge in [-0.1, -0.05) is 30.0 Å². The van der Waals surface area contributed by atoms with Crippen molar-refractivity contribution in [2.24, 2.45) is 0 Å². The van der Waals surface area contributed by atoms with E-state index in [0.717, 1.165) is 5.75 Å². The zero-order valence-corrected chi connectivity index (χ0v) is 10.4. The van der Waals surface area contributed by atoms with E-state index in [1.165, 1.54) is 16.4 Å². The molecule has 18 heavy (non-hydrogen) atoms. The van der Waals surface area contributed by atoms with Crippen LogP contribution in [0.3, 0.4) is 0 Å². The largest absolute Gasteiger partial charge is 0.493 e. The van der Waals surface area contributed by atoms with Gasteiger partial charge in [0.05, 0.1) is 12.4 Å². The van der Waals surface area contributed by atoms with Gasteiger partial charge in [0, 0.05) is 6.42 Å². The summed E-state index contributed by atoms with van der Waals surface area (Å²) in [6, 6.07) is 9.60. The van der Waals surface area contributed by atoms with Gasteiger partial charge in [0.15, 0.2) is 11.0 Å². The first-order valence-electron chi connectivity index (χ1n) is 5.63. The van der Waals surface area contributed by atoms with Crippen LogP contribution >= 0.6 is 11.8 Å². The Hall–Kier alpha value is -1.82. The normalized spacial score (nSPS) is 13.7. The molecule has 1 aliphatic rings. The number of thioether (sulfide) groups is 1. The standard InChI is InChI=1S/C12H11N3O2S/c16-11-8-18-12-13-10(14-15(11)12)6-7-17-9-4-2-1-3-5-9/h1-5H,6-8H2. The molecule has 5 nitrogen and oxygen atoms in total. The molecular formula is C12H11N3O2S. The van der Waals surface area contributed by atoms with Gasteiger partial charge in [-0.25, -0.2) is 4.98 Å². The molecule has 1 aliphatic heterocycles. The van der Waals surface area contributed by atoms with Crippen molar-refractivity contribution in [2.75, 3.05) is 12.4 Å². The van der Waals surface area contributed by atoms with Crippen LogP contribution in [0.15, 0.2) is 35.5 Å². The van der Waals surface area contributed by atoms with Crippen molar-refractivity contribution < 1.29 is 9.53 Å². The molecule has 0 fully saturated rings. The van der Waals surface area contributed by atoms with Gasteiger partial charge in [-0.2, -0.15) is 4.68 Å². The second kappa shape index (κ2) is 4.81. The Bertz CT molecular complexity index is 568. The smallest absolute Gasteiger partial charge is 0.259 e. The number of fused-ring (bicyclic) bond motifs is 1. The van der Waals surface area contributed by atoms with Crippen LogP contribution in [0.2, 0.25) is 0 Å². The summed E-state index contributed by atoms with van der Waals surface area (Å²) < 4.78 is 6.93. The Balaban J connectivity index is 1.58. The summed E-state index contributed by atoms with van der Waals surface area (Å²) >= 11 is 1.43. The SMILES string of the molecule is O=C1CSc2nc(CCOc3ccccc3)nn21. The molecule has 0 saturated carbocycles. The third-order valence-electron chi connectivity index (χ3n) is 2.52.